The van der Waals surface area contributed by atoms with Crippen LogP contribution in [0.15, 0.2) is 59.5 Å². The quantitative estimate of drug-likeness (QED) is 0.472. The zero-order valence-corrected chi connectivity index (χ0v) is 10.9. The summed E-state index contributed by atoms with van der Waals surface area (Å²) in [4.78, 5) is 12.8. The fourth-order valence-corrected chi connectivity index (χ4v) is 2.29. The van der Waals surface area contributed by atoms with Crippen molar-refractivity contribution in [2.24, 2.45) is 0 Å². The monoisotopic (exact) mass is 258 g/mol. The number of hydrogen-bond acceptors (Lipinski definition) is 3. The molecular formula is C15H14O2S. The number of benzene rings is 2. The Kier molecular flexibility index (Phi) is 4.42. The second kappa shape index (κ2) is 6.26. The summed E-state index contributed by atoms with van der Waals surface area (Å²) in [7, 11) is 0. The van der Waals surface area contributed by atoms with Gasteiger partial charge in [-0.15, -0.1) is 0 Å². The summed E-state index contributed by atoms with van der Waals surface area (Å²) in [6.45, 7) is 2.04. The third-order valence-electron chi connectivity index (χ3n) is 2.51. The summed E-state index contributed by atoms with van der Waals surface area (Å²) in [6, 6.07) is 17.1. The number of ether oxygens (including phenoxy) is 1. The topological polar surface area (TPSA) is 26.3 Å². The number of carbonyl (C=O) groups is 1. The van der Waals surface area contributed by atoms with E-state index in [9.17, 15) is 4.79 Å². The Labute approximate surface area is 111 Å². The maximum atomic E-state index is 11.7. The van der Waals surface area contributed by atoms with Gasteiger partial charge in [0.15, 0.2) is 0 Å². The summed E-state index contributed by atoms with van der Waals surface area (Å²) in [6.07, 6.45) is 0. The molecule has 0 saturated carbocycles. The van der Waals surface area contributed by atoms with Gasteiger partial charge in [-0.25, -0.2) is 4.79 Å². The lowest BCUT2D eigenvalue weighted by atomic mass is 10.2. The molecule has 0 N–H and O–H groups in total. The fourth-order valence-electron chi connectivity index (χ4n) is 1.52. The maximum Gasteiger partial charge on any atom is 0.338 e. The van der Waals surface area contributed by atoms with Gasteiger partial charge in [0.1, 0.15) is 5.94 Å². The zero-order chi connectivity index (χ0) is 12.8. The number of aryl methyl sites for hydroxylation is 1. The van der Waals surface area contributed by atoms with Crippen molar-refractivity contribution in [3.63, 3.8) is 0 Å². The van der Waals surface area contributed by atoms with Gasteiger partial charge in [-0.2, -0.15) is 0 Å². The van der Waals surface area contributed by atoms with Gasteiger partial charge in [-0.1, -0.05) is 48.2 Å². The molecule has 0 fully saturated rings. The van der Waals surface area contributed by atoms with Crippen LogP contribution in [0.2, 0.25) is 0 Å². The van der Waals surface area contributed by atoms with Crippen molar-refractivity contribution in [3.05, 3.63) is 65.7 Å². The van der Waals surface area contributed by atoms with Crippen LogP contribution < -0.4 is 0 Å². The third-order valence-corrected chi connectivity index (χ3v) is 3.51. The minimum absolute atomic E-state index is 0.281. The van der Waals surface area contributed by atoms with Crippen LogP contribution in [0, 0.1) is 6.92 Å². The Balaban J connectivity index is 1.86. The maximum absolute atomic E-state index is 11.7. The van der Waals surface area contributed by atoms with Crippen LogP contribution in [0.5, 0.6) is 0 Å². The lowest BCUT2D eigenvalue weighted by Crippen LogP contribution is -2.04. The van der Waals surface area contributed by atoms with E-state index < -0.39 is 0 Å². The summed E-state index contributed by atoms with van der Waals surface area (Å²) in [5.41, 5.74) is 1.78. The van der Waals surface area contributed by atoms with Crippen LogP contribution in [0.25, 0.3) is 0 Å². The smallest absolute Gasteiger partial charge is 0.338 e. The molecule has 0 aromatic heterocycles. The van der Waals surface area contributed by atoms with Crippen LogP contribution in [-0.4, -0.2) is 11.9 Å². The average molecular weight is 258 g/mol. The predicted octanol–water partition coefficient (Wildman–Crippen LogP) is 3.90. The van der Waals surface area contributed by atoms with Gasteiger partial charge < -0.3 is 4.74 Å². The zero-order valence-electron chi connectivity index (χ0n) is 10.1. The predicted molar refractivity (Wildman–Crippen MR) is 73.8 cm³/mol. The van der Waals surface area contributed by atoms with Gasteiger partial charge >= 0.3 is 5.97 Å². The van der Waals surface area contributed by atoms with Crippen LogP contribution in [0.4, 0.5) is 0 Å². The van der Waals surface area contributed by atoms with E-state index in [4.69, 9.17) is 4.74 Å². The van der Waals surface area contributed by atoms with Gasteiger partial charge in [-0.05, 0) is 30.7 Å². The molecule has 0 aliphatic heterocycles. The van der Waals surface area contributed by atoms with Crippen molar-refractivity contribution < 1.29 is 9.53 Å². The highest BCUT2D eigenvalue weighted by atomic mass is 32.2. The Bertz CT molecular complexity index is 523. The molecule has 2 aromatic carbocycles. The van der Waals surface area contributed by atoms with Crippen LogP contribution in [0.1, 0.15) is 15.9 Å². The first kappa shape index (κ1) is 12.7. The van der Waals surface area contributed by atoms with Crippen molar-refractivity contribution in [1.29, 1.82) is 0 Å². The van der Waals surface area contributed by atoms with Crippen molar-refractivity contribution in [3.8, 4) is 0 Å². The molecule has 2 rings (SSSR count). The molecule has 0 spiro atoms. The molecule has 0 aliphatic carbocycles. The van der Waals surface area contributed by atoms with Gasteiger partial charge in [0, 0.05) is 4.90 Å². The molecular weight excluding hydrogens is 244 g/mol. The second-order valence-electron chi connectivity index (χ2n) is 3.83. The summed E-state index contributed by atoms with van der Waals surface area (Å²) in [5.74, 6) is 0.0511. The molecule has 0 heterocycles. The minimum atomic E-state index is -0.281. The number of thioether (sulfide) groups is 1. The molecule has 0 saturated heterocycles. The Morgan fingerprint density at radius 1 is 1.06 bits per heavy atom. The first-order valence-corrected chi connectivity index (χ1v) is 6.66. The van der Waals surface area contributed by atoms with Crippen LogP contribution in [-0.2, 0) is 4.74 Å². The van der Waals surface area contributed by atoms with E-state index in [0.29, 0.717) is 11.5 Å². The van der Waals surface area contributed by atoms with Crippen LogP contribution >= 0.6 is 11.8 Å². The SMILES string of the molecule is Cc1ccccc1SCOC(=O)c1ccccc1. The van der Waals surface area contributed by atoms with Crippen molar-refractivity contribution in [1.82, 2.24) is 0 Å². The fraction of sp³-hybridized carbons (Fsp3) is 0.133. The van der Waals surface area contributed by atoms with Crippen molar-refractivity contribution >= 4 is 17.7 Å². The first-order valence-electron chi connectivity index (χ1n) is 5.68. The lowest BCUT2D eigenvalue weighted by Gasteiger charge is -2.06. The third kappa shape index (κ3) is 3.37. The average Bonchev–Trinajstić information content (AvgIpc) is 2.42. The summed E-state index contributed by atoms with van der Waals surface area (Å²) < 4.78 is 5.21. The normalized spacial score (nSPS) is 10.1. The number of rotatable bonds is 4. The van der Waals surface area contributed by atoms with Gasteiger partial charge in [-0.3, -0.25) is 0 Å². The molecule has 0 amide bonds. The highest BCUT2D eigenvalue weighted by molar-refractivity contribution is 7.99. The standard InChI is InChI=1S/C15H14O2S/c1-12-7-5-6-10-14(12)18-11-17-15(16)13-8-3-2-4-9-13/h2-10H,11H2,1H3. The molecule has 0 atom stereocenters. The van der Waals surface area contributed by atoms with E-state index in [1.165, 1.54) is 17.3 Å². The van der Waals surface area contributed by atoms with Gasteiger partial charge in [0.2, 0.25) is 0 Å². The molecule has 92 valence electrons. The largest absolute Gasteiger partial charge is 0.451 e. The van der Waals surface area contributed by atoms with Gasteiger partial charge in [0.25, 0.3) is 0 Å². The lowest BCUT2D eigenvalue weighted by molar-refractivity contribution is 0.0579. The Morgan fingerprint density at radius 3 is 2.44 bits per heavy atom. The highest BCUT2D eigenvalue weighted by Crippen LogP contribution is 2.22. The Hall–Kier alpha value is -1.74. The highest BCUT2D eigenvalue weighted by Gasteiger charge is 2.06. The minimum Gasteiger partial charge on any atom is -0.451 e. The number of hydrogen-bond donors (Lipinski definition) is 0. The van der Waals surface area contributed by atoms with Crippen molar-refractivity contribution in [2.45, 2.75) is 11.8 Å². The molecule has 0 aliphatic rings. The molecule has 3 heteroatoms. The van der Waals surface area contributed by atoms with E-state index in [1.54, 1.807) is 12.1 Å². The van der Waals surface area contributed by atoms with E-state index >= 15 is 0 Å². The van der Waals surface area contributed by atoms with E-state index in [1.807, 2.05) is 49.4 Å². The summed E-state index contributed by atoms with van der Waals surface area (Å²) >= 11 is 1.53. The van der Waals surface area contributed by atoms with E-state index in [0.717, 1.165) is 4.90 Å². The van der Waals surface area contributed by atoms with E-state index in [2.05, 4.69) is 0 Å². The Morgan fingerprint density at radius 2 is 1.72 bits per heavy atom. The molecule has 0 radical (unpaired) electrons. The van der Waals surface area contributed by atoms with Crippen molar-refractivity contribution in [2.75, 3.05) is 5.94 Å². The number of esters is 1. The molecule has 2 nitrogen and oxygen atoms in total. The molecule has 18 heavy (non-hydrogen) atoms. The number of carbonyl (C=O) groups excluding carboxylic acids is 1. The molecule has 0 unspecified atom stereocenters. The van der Waals surface area contributed by atoms with Gasteiger partial charge in [0.05, 0.1) is 5.56 Å². The van der Waals surface area contributed by atoms with E-state index in [-0.39, 0.29) is 5.97 Å². The molecule has 0 bridgehead atoms. The summed E-state index contributed by atoms with van der Waals surface area (Å²) in [5, 5.41) is 0. The van der Waals surface area contributed by atoms with Crippen LogP contribution in [0.3, 0.4) is 0 Å². The second-order valence-corrected chi connectivity index (χ2v) is 4.79. The molecule has 2 aromatic rings. The first-order chi connectivity index (χ1) is 8.77.